The Kier molecular flexibility index (Phi) is 6.09. The second-order valence-corrected chi connectivity index (χ2v) is 7.28. The van der Waals surface area contributed by atoms with E-state index in [9.17, 15) is 4.79 Å². The first-order valence-electron chi connectivity index (χ1n) is 9.40. The highest BCUT2D eigenvalue weighted by Crippen LogP contribution is 2.15. The molecule has 0 spiro atoms. The Morgan fingerprint density at radius 3 is 2.39 bits per heavy atom. The summed E-state index contributed by atoms with van der Waals surface area (Å²) in [7, 11) is 1.73. The number of aromatic nitrogens is 2. The van der Waals surface area contributed by atoms with Crippen LogP contribution in [0.25, 0.3) is 0 Å². The van der Waals surface area contributed by atoms with Crippen LogP contribution in [0.2, 0.25) is 0 Å². The number of rotatable bonds is 7. The van der Waals surface area contributed by atoms with Crippen molar-refractivity contribution in [2.45, 2.75) is 39.8 Å². The van der Waals surface area contributed by atoms with Crippen molar-refractivity contribution < 1.29 is 9.32 Å². The minimum atomic E-state index is -0.0824. The molecule has 3 aromatic rings. The summed E-state index contributed by atoms with van der Waals surface area (Å²) in [6.07, 6.45) is 0. The zero-order chi connectivity index (χ0) is 20.1. The quantitative estimate of drug-likeness (QED) is 0.660. The van der Waals surface area contributed by atoms with Gasteiger partial charge in [0.05, 0.1) is 6.54 Å². The van der Waals surface area contributed by atoms with Gasteiger partial charge in [0.2, 0.25) is 5.89 Å². The van der Waals surface area contributed by atoms with Crippen molar-refractivity contribution in [2.24, 2.45) is 0 Å². The molecule has 28 heavy (non-hydrogen) atoms. The lowest BCUT2D eigenvalue weighted by atomic mass is 10.1. The molecule has 6 nitrogen and oxygen atoms in total. The van der Waals surface area contributed by atoms with E-state index < -0.39 is 0 Å². The van der Waals surface area contributed by atoms with E-state index in [4.69, 9.17) is 4.52 Å². The number of carbonyl (C=O) groups is 1. The molecule has 3 rings (SSSR count). The van der Waals surface area contributed by atoms with Crippen molar-refractivity contribution in [1.29, 1.82) is 0 Å². The van der Waals surface area contributed by atoms with E-state index in [2.05, 4.69) is 46.6 Å². The summed E-state index contributed by atoms with van der Waals surface area (Å²) in [5.74, 6) is 1.18. The SMILES string of the molecule is Cc1ccc(CNc2ccc(C(=O)N(C)Cc3noc(C(C)C)n3)cc2)cc1. The summed E-state index contributed by atoms with van der Waals surface area (Å²) in [5, 5.41) is 7.31. The van der Waals surface area contributed by atoms with Crippen LogP contribution in [0, 0.1) is 6.92 Å². The third-order valence-corrected chi connectivity index (χ3v) is 4.45. The molecule has 0 bridgehead atoms. The Morgan fingerprint density at radius 2 is 1.79 bits per heavy atom. The Balaban J connectivity index is 1.56. The molecule has 1 N–H and O–H groups in total. The highest BCUT2D eigenvalue weighted by Gasteiger charge is 2.16. The molecule has 0 aliphatic rings. The molecular weight excluding hydrogens is 352 g/mol. The zero-order valence-corrected chi connectivity index (χ0v) is 16.8. The molecule has 0 radical (unpaired) electrons. The fraction of sp³-hybridized carbons (Fsp3) is 0.318. The van der Waals surface area contributed by atoms with Gasteiger partial charge in [-0.2, -0.15) is 4.98 Å². The molecule has 0 unspecified atom stereocenters. The Bertz CT molecular complexity index is 914. The molecule has 0 aliphatic carbocycles. The Hall–Kier alpha value is -3.15. The number of amides is 1. The second kappa shape index (κ2) is 8.69. The predicted molar refractivity (Wildman–Crippen MR) is 109 cm³/mol. The number of anilines is 1. The Morgan fingerprint density at radius 1 is 1.11 bits per heavy atom. The molecule has 0 saturated heterocycles. The first-order chi connectivity index (χ1) is 13.4. The maximum absolute atomic E-state index is 12.6. The van der Waals surface area contributed by atoms with Gasteiger partial charge in [-0.15, -0.1) is 0 Å². The molecule has 0 saturated carbocycles. The lowest BCUT2D eigenvalue weighted by molar-refractivity contribution is 0.0780. The monoisotopic (exact) mass is 378 g/mol. The van der Waals surface area contributed by atoms with E-state index in [-0.39, 0.29) is 11.8 Å². The lowest BCUT2D eigenvalue weighted by Crippen LogP contribution is -2.26. The number of nitrogens with zero attached hydrogens (tertiary/aromatic N) is 3. The van der Waals surface area contributed by atoms with Gasteiger partial charge in [-0.05, 0) is 36.8 Å². The molecule has 146 valence electrons. The summed E-state index contributed by atoms with van der Waals surface area (Å²) in [6.45, 7) is 7.10. The highest BCUT2D eigenvalue weighted by atomic mass is 16.5. The maximum Gasteiger partial charge on any atom is 0.254 e. The van der Waals surface area contributed by atoms with Crippen molar-refractivity contribution in [3.05, 3.63) is 76.9 Å². The van der Waals surface area contributed by atoms with Crippen LogP contribution in [0.1, 0.15) is 53.0 Å². The average molecular weight is 378 g/mol. The summed E-state index contributed by atoms with van der Waals surface area (Å²) in [6, 6.07) is 15.9. The number of nitrogens with one attached hydrogen (secondary N) is 1. The molecule has 1 heterocycles. The lowest BCUT2D eigenvalue weighted by Gasteiger charge is -2.15. The largest absolute Gasteiger partial charge is 0.381 e. The first kappa shape index (κ1) is 19.6. The summed E-state index contributed by atoms with van der Waals surface area (Å²) < 4.78 is 5.19. The van der Waals surface area contributed by atoms with Gasteiger partial charge in [0, 0.05) is 30.8 Å². The van der Waals surface area contributed by atoms with Crippen LogP contribution in [0.3, 0.4) is 0 Å². The molecule has 6 heteroatoms. The number of carbonyl (C=O) groups excluding carboxylic acids is 1. The van der Waals surface area contributed by atoms with Crippen LogP contribution in [0.15, 0.2) is 53.1 Å². The van der Waals surface area contributed by atoms with Crippen molar-refractivity contribution in [2.75, 3.05) is 12.4 Å². The average Bonchev–Trinajstić information content (AvgIpc) is 3.16. The van der Waals surface area contributed by atoms with Gasteiger partial charge in [-0.1, -0.05) is 48.8 Å². The van der Waals surface area contributed by atoms with Gasteiger partial charge in [-0.25, -0.2) is 0 Å². The van der Waals surface area contributed by atoms with Crippen molar-refractivity contribution in [1.82, 2.24) is 15.0 Å². The van der Waals surface area contributed by atoms with Crippen LogP contribution in [-0.2, 0) is 13.1 Å². The van der Waals surface area contributed by atoms with Gasteiger partial charge in [0.1, 0.15) is 0 Å². The van der Waals surface area contributed by atoms with Crippen LogP contribution in [-0.4, -0.2) is 28.0 Å². The number of benzene rings is 2. The van der Waals surface area contributed by atoms with Gasteiger partial charge < -0.3 is 14.7 Å². The molecule has 0 aliphatic heterocycles. The summed E-state index contributed by atoms with van der Waals surface area (Å²) in [4.78, 5) is 18.5. The highest BCUT2D eigenvalue weighted by molar-refractivity contribution is 5.94. The van der Waals surface area contributed by atoms with Crippen LogP contribution in [0.5, 0.6) is 0 Å². The smallest absolute Gasteiger partial charge is 0.254 e. The summed E-state index contributed by atoms with van der Waals surface area (Å²) >= 11 is 0. The number of hydrogen-bond donors (Lipinski definition) is 1. The van der Waals surface area contributed by atoms with E-state index in [0.29, 0.717) is 23.8 Å². The molecule has 1 aromatic heterocycles. The van der Waals surface area contributed by atoms with E-state index in [1.807, 2.05) is 38.1 Å². The van der Waals surface area contributed by atoms with Gasteiger partial charge in [0.15, 0.2) is 5.82 Å². The minimum Gasteiger partial charge on any atom is -0.381 e. The van der Waals surface area contributed by atoms with E-state index >= 15 is 0 Å². The topological polar surface area (TPSA) is 71.3 Å². The standard InChI is InChI=1S/C22H26N4O2/c1-15(2)21-24-20(25-28-21)14-26(4)22(27)18-9-11-19(12-10-18)23-13-17-7-5-16(3)6-8-17/h5-12,15,23H,13-14H2,1-4H3. The van der Waals surface area contributed by atoms with Gasteiger partial charge in [0.25, 0.3) is 5.91 Å². The van der Waals surface area contributed by atoms with Crippen molar-refractivity contribution in [3.8, 4) is 0 Å². The van der Waals surface area contributed by atoms with Crippen molar-refractivity contribution >= 4 is 11.6 Å². The fourth-order valence-corrected chi connectivity index (χ4v) is 2.71. The van der Waals surface area contributed by atoms with Crippen LogP contribution < -0.4 is 5.32 Å². The van der Waals surface area contributed by atoms with Crippen LogP contribution in [0.4, 0.5) is 5.69 Å². The fourth-order valence-electron chi connectivity index (χ4n) is 2.71. The van der Waals surface area contributed by atoms with Gasteiger partial charge in [-0.3, -0.25) is 4.79 Å². The third-order valence-electron chi connectivity index (χ3n) is 4.45. The molecule has 2 aromatic carbocycles. The molecular formula is C22H26N4O2. The summed E-state index contributed by atoms with van der Waals surface area (Å²) in [5.41, 5.74) is 4.05. The maximum atomic E-state index is 12.6. The zero-order valence-electron chi connectivity index (χ0n) is 16.8. The minimum absolute atomic E-state index is 0.0824. The number of hydrogen-bond acceptors (Lipinski definition) is 5. The Labute approximate surface area is 165 Å². The first-order valence-corrected chi connectivity index (χ1v) is 9.40. The normalized spacial score (nSPS) is 10.9. The predicted octanol–water partition coefficient (Wildman–Crippen LogP) is 4.39. The van der Waals surface area contributed by atoms with Gasteiger partial charge >= 0.3 is 0 Å². The van der Waals surface area contributed by atoms with Crippen molar-refractivity contribution in [3.63, 3.8) is 0 Å². The third kappa shape index (κ3) is 4.97. The van der Waals surface area contributed by atoms with E-state index in [1.54, 1.807) is 11.9 Å². The number of aryl methyl sites for hydroxylation is 1. The second-order valence-electron chi connectivity index (χ2n) is 7.28. The molecule has 0 atom stereocenters. The van der Waals surface area contributed by atoms with E-state index in [0.717, 1.165) is 12.2 Å². The van der Waals surface area contributed by atoms with Crippen LogP contribution >= 0.6 is 0 Å². The molecule has 1 amide bonds. The van der Waals surface area contributed by atoms with E-state index in [1.165, 1.54) is 11.1 Å². The molecule has 0 fully saturated rings.